The van der Waals surface area contributed by atoms with Gasteiger partial charge in [-0.1, -0.05) is 12.1 Å². The normalized spacial score (nSPS) is 22.2. The highest BCUT2D eigenvalue weighted by Gasteiger charge is 2.28. The van der Waals surface area contributed by atoms with Gasteiger partial charge in [-0.2, -0.15) is 5.10 Å². The van der Waals surface area contributed by atoms with Gasteiger partial charge in [-0.25, -0.2) is 8.78 Å². The number of alkyl halides is 2. The number of carbonyl (C=O) groups excluding carboxylic acids is 1. The van der Waals surface area contributed by atoms with E-state index in [1.807, 2.05) is 10.9 Å². The number of methoxy groups -OCH3 is 1. The molecule has 1 aliphatic rings. The first kappa shape index (κ1) is 14.9. The minimum absolute atomic E-state index is 0.00727. The minimum atomic E-state index is -2.48. The van der Waals surface area contributed by atoms with Crippen molar-refractivity contribution < 1.29 is 18.3 Å². The predicted octanol–water partition coefficient (Wildman–Crippen LogP) is 3.88. The van der Waals surface area contributed by atoms with E-state index in [2.05, 4.69) is 5.10 Å². The molecule has 0 saturated heterocycles. The standard InChI is InChI=1S/C16H18F2N2O2/c1-22-16(21)10-4-6-13(7-5-10)20-9-12-3-2-11(15(17)18)8-14(12)19-20/h2-3,8-10,13,15H,4-7H2,1H3. The Kier molecular flexibility index (Phi) is 4.09. The van der Waals surface area contributed by atoms with Crippen LogP contribution in [0.25, 0.3) is 10.9 Å². The quantitative estimate of drug-likeness (QED) is 0.808. The highest BCUT2D eigenvalue weighted by Crippen LogP contribution is 2.33. The number of ether oxygens (including phenoxy) is 1. The summed E-state index contributed by atoms with van der Waals surface area (Å²) < 4.78 is 32.1. The summed E-state index contributed by atoms with van der Waals surface area (Å²) in [5.41, 5.74) is 0.583. The molecule has 0 N–H and O–H groups in total. The maximum atomic E-state index is 12.7. The number of rotatable bonds is 3. The number of carbonyl (C=O) groups is 1. The Labute approximate surface area is 127 Å². The first-order chi connectivity index (χ1) is 10.6. The van der Waals surface area contributed by atoms with E-state index in [1.165, 1.54) is 19.2 Å². The van der Waals surface area contributed by atoms with E-state index in [1.54, 1.807) is 6.07 Å². The number of benzene rings is 1. The number of aromatic nitrogens is 2. The first-order valence-electron chi connectivity index (χ1n) is 7.43. The molecular formula is C16H18F2N2O2. The third-order valence-electron chi connectivity index (χ3n) is 4.41. The van der Waals surface area contributed by atoms with Gasteiger partial charge in [0.05, 0.1) is 24.6 Å². The second-order valence-corrected chi connectivity index (χ2v) is 5.76. The van der Waals surface area contributed by atoms with Gasteiger partial charge in [-0.3, -0.25) is 9.48 Å². The molecule has 0 unspecified atom stereocenters. The van der Waals surface area contributed by atoms with Crippen molar-refractivity contribution in [2.45, 2.75) is 38.2 Å². The second kappa shape index (κ2) is 6.02. The number of esters is 1. The monoisotopic (exact) mass is 308 g/mol. The number of hydrogen-bond acceptors (Lipinski definition) is 3. The zero-order valence-corrected chi connectivity index (χ0v) is 12.3. The van der Waals surface area contributed by atoms with Crippen molar-refractivity contribution in [2.75, 3.05) is 7.11 Å². The van der Waals surface area contributed by atoms with Crippen molar-refractivity contribution in [2.24, 2.45) is 5.92 Å². The summed E-state index contributed by atoms with van der Waals surface area (Å²) in [5.74, 6) is -0.178. The van der Waals surface area contributed by atoms with Crippen LogP contribution in [-0.2, 0) is 9.53 Å². The topological polar surface area (TPSA) is 44.1 Å². The molecule has 0 bridgehead atoms. The molecule has 118 valence electrons. The molecule has 22 heavy (non-hydrogen) atoms. The van der Waals surface area contributed by atoms with Crippen molar-refractivity contribution in [3.05, 3.63) is 30.0 Å². The van der Waals surface area contributed by atoms with Crippen LogP contribution in [0.1, 0.15) is 43.7 Å². The number of hydrogen-bond donors (Lipinski definition) is 0. The summed E-state index contributed by atoms with van der Waals surface area (Å²) in [4.78, 5) is 11.5. The van der Waals surface area contributed by atoms with Gasteiger partial charge < -0.3 is 4.74 Å². The van der Waals surface area contributed by atoms with Crippen molar-refractivity contribution in [3.8, 4) is 0 Å². The molecule has 1 fully saturated rings. The molecule has 1 aliphatic carbocycles. The molecule has 0 spiro atoms. The summed E-state index contributed by atoms with van der Waals surface area (Å²) >= 11 is 0. The highest BCUT2D eigenvalue weighted by molar-refractivity contribution is 5.78. The van der Waals surface area contributed by atoms with Gasteiger partial charge in [0.15, 0.2) is 0 Å². The van der Waals surface area contributed by atoms with Gasteiger partial charge in [0.1, 0.15) is 0 Å². The molecule has 1 heterocycles. The maximum absolute atomic E-state index is 12.7. The SMILES string of the molecule is COC(=O)C1CCC(n2cc3ccc(C(F)F)cc3n2)CC1. The smallest absolute Gasteiger partial charge is 0.308 e. The molecule has 2 aromatic rings. The molecule has 0 radical (unpaired) electrons. The van der Waals surface area contributed by atoms with Crippen LogP contribution in [0.3, 0.4) is 0 Å². The largest absolute Gasteiger partial charge is 0.469 e. The van der Waals surface area contributed by atoms with E-state index in [4.69, 9.17) is 4.74 Å². The second-order valence-electron chi connectivity index (χ2n) is 5.76. The summed E-state index contributed by atoms with van der Waals surface area (Å²) in [6, 6.07) is 4.77. The fourth-order valence-corrected chi connectivity index (χ4v) is 3.12. The lowest BCUT2D eigenvalue weighted by molar-refractivity contribution is -0.146. The van der Waals surface area contributed by atoms with Gasteiger partial charge in [-0.15, -0.1) is 0 Å². The lowest BCUT2D eigenvalue weighted by atomic mass is 9.86. The number of fused-ring (bicyclic) bond motifs is 1. The zero-order valence-electron chi connectivity index (χ0n) is 12.3. The van der Waals surface area contributed by atoms with Crippen LogP contribution in [0.5, 0.6) is 0 Å². The van der Waals surface area contributed by atoms with E-state index in [9.17, 15) is 13.6 Å². The van der Waals surface area contributed by atoms with Crippen LogP contribution < -0.4 is 0 Å². The molecule has 0 aliphatic heterocycles. The van der Waals surface area contributed by atoms with E-state index >= 15 is 0 Å². The average Bonchev–Trinajstić information content (AvgIpc) is 2.97. The number of nitrogens with zero attached hydrogens (tertiary/aromatic N) is 2. The lowest BCUT2D eigenvalue weighted by Gasteiger charge is -2.26. The fourth-order valence-electron chi connectivity index (χ4n) is 3.12. The summed E-state index contributed by atoms with van der Waals surface area (Å²) in [7, 11) is 1.41. The van der Waals surface area contributed by atoms with Crippen molar-refractivity contribution in [3.63, 3.8) is 0 Å². The predicted molar refractivity (Wildman–Crippen MR) is 77.7 cm³/mol. The minimum Gasteiger partial charge on any atom is -0.469 e. The number of halogens is 2. The van der Waals surface area contributed by atoms with Gasteiger partial charge in [0.2, 0.25) is 0 Å². The van der Waals surface area contributed by atoms with Crippen LogP contribution in [-0.4, -0.2) is 22.9 Å². The van der Waals surface area contributed by atoms with Gasteiger partial charge in [0, 0.05) is 17.1 Å². The van der Waals surface area contributed by atoms with Crippen LogP contribution in [0.4, 0.5) is 8.78 Å². The van der Waals surface area contributed by atoms with Crippen molar-refractivity contribution in [1.29, 1.82) is 0 Å². The van der Waals surface area contributed by atoms with Crippen molar-refractivity contribution >= 4 is 16.9 Å². The Morgan fingerprint density at radius 2 is 2.05 bits per heavy atom. The van der Waals surface area contributed by atoms with E-state index in [0.29, 0.717) is 5.52 Å². The molecule has 3 rings (SSSR count). The summed E-state index contributed by atoms with van der Waals surface area (Å²) in [5, 5.41) is 5.30. The Balaban J connectivity index is 1.76. The molecular weight excluding hydrogens is 290 g/mol. The molecule has 4 nitrogen and oxygen atoms in total. The molecule has 0 amide bonds. The van der Waals surface area contributed by atoms with Crippen LogP contribution in [0.15, 0.2) is 24.4 Å². The molecule has 1 saturated carbocycles. The van der Waals surface area contributed by atoms with E-state index < -0.39 is 6.43 Å². The van der Waals surface area contributed by atoms with Crippen LogP contribution >= 0.6 is 0 Å². The Hall–Kier alpha value is -1.98. The maximum Gasteiger partial charge on any atom is 0.308 e. The van der Waals surface area contributed by atoms with E-state index in [-0.39, 0.29) is 23.5 Å². The van der Waals surface area contributed by atoms with Crippen LogP contribution in [0, 0.1) is 5.92 Å². The summed E-state index contributed by atoms with van der Waals surface area (Å²) in [6.45, 7) is 0. The lowest BCUT2D eigenvalue weighted by Crippen LogP contribution is -2.24. The highest BCUT2D eigenvalue weighted by atomic mass is 19.3. The molecule has 1 aromatic heterocycles. The van der Waals surface area contributed by atoms with Crippen molar-refractivity contribution in [1.82, 2.24) is 9.78 Å². The van der Waals surface area contributed by atoms with Gasteiger partial charge in [0.25, 0.3) is 6.43 Å². The van der Waals surface area contributed by atoms with Crippen LogP contribution in [0.2, 0.25) is 0 Å². The van der Waals surface area contributed by atoms with Gasteiger partial charge in [-0.05, 0) is 31.7 Å². The summed E-state index contributed by atoms with van der Waals surface area (Å²) in [6.07, 6.45) is 2.65. The Morgan fingerprint density at radius 1 is 1.32 bits per heavy atom. The molecule has 6 heteroatoms. The molecule has 1 aromatic carbocycles. The van der Waals surface area contributed by atoms with E-state index in [0.717, 1.165) is 31.1 Å². The first-order valence-corrected chi connectivity index (χ1v) is 7.43. The fraction of sp³-hybridized carbons (Fsp3) is 0.500. The van der Waals surface area contributed by atoms with Gasteiger partial charge >= 0.3 is 5.97 Å². The average molecular weight is 308 g/mol. The third kappa shape index (κ3) is 2.82. The third-order valence-corrected chi connectivity index (χ3v) is 4.41. The zero-order chi connectivity index (χ0) is 15.7. The molecule has 0 atom stereocenters. The Bertz CT molecular complexity index is 676. The Morgan fingerprint density at radius 3 is 2.68 bits per heavy atom.